The van der Waals surface area contributed by atoms with Gasteiger partial charge in [0.2, 0.25) is 5.88 Å². The first-order valence-electron chi connectivity index (χ1n) is 4.59. The van der Waals surface area contributed by atoms with E-state index >= 15 is 0 Å². The molecule has 0 spiro atoms. The van der Waals surface area contributed by atoms with E-state index in [1.807, 2.05) is 0 Å². The minimum Gasteiger partial charge on any atom is -0.481 e. The number of rotatable bonds is 5. The molecule has 0 unspecified atom stereocenters. The standard InChI is InChI=1S/C9H8F2N2O5/c1-18-9-7(8(10)11)5(13(16)17)2-4(12-9)3-6(14)15/h2,8H,3H2,1H3,(H,14,15). The molecular weight excluding hydrogens is 254 g/mol. The lowest BCUT2D eigenvalue weighted by Gasteiger charge is -2.08. The molecule has 0 aliphatic carbocycles. The zero-order valence-corrected chi connectivity index (χ0v) is 9.09. The summed E-state index contributed by atoms with van der Waals surface area (Å²) in [5, 5.41) is 19.2. The van der Waals surface area contributed by atoms with Gasteiger partial charge in [0.1, 0.15) is 0 Å². The second-order valence-corrected chi connectivity index (χ2v) is 3.18. The predicted octanol–water partition coefficient (Wildman–Crippen LogP) is 1.56. The molecule has 7 nitrogen and oxygen atoms in total. The van der Waals surface area contributed by atoms with Crippen LogP contribution in [0.1, 0.15) is 17.7 Å². The van der Waals surface area contributed by atoms with Crippen LogP contribution in [-0.4, -0.2) is 28.1 Å². The summed E-state index contributed by atoms with van der Waals surface area (Å²) in [5.74, 6) is -1.93. The largest absolute Gasteiger partial charge is 0.481 e. The zero-order valence-electron chi connectivity index (χ0n) is 9.09. The van der Waals surface area contributed by atoms with Gasteiger partial charge < -0.3 is 9.84 Å². The fourth-order valence-corrected chi connectivity index (χ4v) is 1.33. The molecule has 0 saturated carbocycles. The fraction of sp³-hybridized carbons (Fsp3) is 0.333. The number of carboxylic acid groups (broad SMARTS) is 1. The van der Waals surface area contributed by atoms with E-state index in [1.54, 1.807) is 0 Å². The van der Waals surface area contributed by atoms with Crippen LogP contribution in [0.5, 0.6) is 5.88 Å². The van der Waals surface area contributed by atoms with Crippen LogP contribution in [0.4, 0.5) is 14.5 Å². The quantitative estimate of drug-likeness (QED) is 0.638. The van der Waals surface area contributed by atoms with Gasteiger partial charge in [-0.1, -0.05) is 0 Å². The van der Waals surface area contributed by atoms with Gasteiger partial charge in [0.15, 0.2) is 5.56 Å². The molecule has 0 aliphatic rings. The van der Waals surface area contributed by atoms with Crippen molar-refractivity contribution >= 4 is 11.7 Å². The lowest BCUT2D eigenvalue weighted by Crippen LogP contribution is -2.08. The van der Waals surface area contributed by atoms with Crippen molar-refractivity contribution in [3.05, 3.63) is 27.4 Å². The Balaban J connectivity index is 3.43. The van der Waals surface area contributed by atoms with Crippen molar-refractivity contribution in [2.45, 2.75) is 12.8 Å². The van der Waals surface area contributed by atoms with E-state index in [2.05, 4.69) is 9.72 Å². The SMILES string of the molecule is COc1nc(CC(=O)O)cc([N+](=O)[O-])c1C(F)F. The number of carboxylic acids is 1. The molecule has 1 N–H and O–H groups in total. The Morgan fingerprint density at radius 1 is 1.67 bits per heavy atom. The summed E-state index contributed by atoms with van der Waals surface area (Å²) in [7, 11) is 1.02. The van der Waals surface area contributed by atoms with Gasteiger partial charge >= 0.3 is 5.97 Å². The topological polar surface area (TPSA) is 103 Å². The smallest absolute Gasteiger partial charge is 0.309 e. The van der Waals surface area contributed by atoms with E-state index in [0.29, 0.717) is 6.07 Å². The first kappa shape index (κ1) is 13.7. The van der Waals surface area contributed by atoms with E-state index < -0.39 is 40.9 Å². The van der Waals surface area contributed by atoms with E-state index in [0.717, 1.165) is 7.11 Å². The van der Waals surface area contributed by atoms with Crippen molar-refractivity contribution in [2.75, 3.05) is 7.11 Å². The summed E-state index contributed by atoms with van der Waals surface area (Å²) in [5.41, 5.74) is -2.10. The highest BCUT2D eigenvalue weighted by Crippen LogP contribution is 2.35. The maximum absolute atomic E-state index is 12.7. The van der Waals surface area contributed by atoms with Gasteiger partial charge in [-0.2, -0.15) is 0 Å². The summed E-state index contributed by atoms with van der Waals surface area (Å²) in [6.45, 7) is 0. The summed E-state index contributed by atoms with van der Waals surface area (Å²) < 4.78 is 29.9. The Morgan fingerprint density at radius 3 is 2.67 bits per heavy atom. The van der Waals surface area contributed by atoms with Gasteiger partial charge in [-0.3, -0.25) is 14.9 Å². The molecule has 0 saturated heterocycles. The first-order valence-corrected chi connectivity index (χ1v) is 4.59. The average molecular weight is 262 g/mol. The maximum Gasteiger partial charge on any atom is 0.309 e. The number of hydrogen-bond donors (Lipinski definition) is 1. The Morgan fingerprint density at radius 2 is 2.28 bits per heavy atom. The number of halogens is 2. The van der Waals surface area contributed by atoms with Crippen molar-refractivity contribution in [3.8, 4) is 5.88 Å². The minimum atomic E-state index is -3.15. The van der Waals surface area contributed by atoms with Gasteiger partial charge in [0.25, 0.3) is 12.1 Å². The Bertz CT molecular complexity index is 492. The normalized spacial score (nSPS) is 10.4. The van der Waals surface area contributed by atoms with E-state index in [9.17, 15) is 23.7 Å². The third-order valence-electron chi connectivity index (χ3n) is 2.00. The molecule has 0 atom stereocenters. The number of aromatic nitrogens is 1. The van der Waals surface area contributed by atoms with Gasteiger partial charge in [-0.15, -0.1) is 0 Å². The van der Waals surface area contributed by atoms with E-state index in [-0.39, 0.29) is 5.69 Å². The lowest BCUT2D eigenvalue weighted by molar-refractivity contribution is -0.386. The monoisotopic (exact) mass is 262 g/mol. The van der Waals surface area contributed by atoms with Crippen molar-refractivity contribution in [1.82, 2.24) is 4.98 Å². The van der Waals surface area contributed by atoms with Crippen molar-refractivity contribution in [1.29, 1.82) is 0 Å². The molecule has 1 aromatic rings. The second-order valence-electron chi connectivity index (χ2n) is 3.18. The summed E-state index contributed by atoms with van der Waals surface area (Å²) in [6.07, 6.45) is -3.77. The number of hydrogen-bond acceptors (Lipinski definition) is 5. The third-order valence-corrected chi connectivity index (χ3v) is 2.00. The summed E-state index contributed by atoms with van der Waals surface area (Å²) in [4.78, 5) is 23.6. The second kappa shape index (κ2) is 5.34. The van der Waals surface area contributed by atoms with Crippen molar-refractivity contribution in [3.63, 3.8) is 0 Å². The average Bonchev–Trinajstić information content (AvgIpc) is 2.26. The van der Waals surface area contributed by atoms with Crippen LogP contribution in [0.2, 0.25) is 0 Å². The molecule has 1 rings (SSSR count). The summed E-state index contributed by atoms with van der Waals surface area (Å²) in [6, 6.07) is 0.706. The number of methoxy groups -OCH3 is 1. The highest BCUT2D eigenvalue weighted by molar-refractivity contribution is 5.70. The van der Waals surface area contributed by atoms with Crippen LogP contribution in [0.3, 0.4) is 0 Å². The van der Waals surface area contributed by atoms with Crippen LogP contribution in [-0.2, 0) is 11.2 Å². The molecule has 98 valence electrons. The Hall–Kier alpha value is -2.32. The first-order chi connectivity index (χ1) is 8.36. The molecule has 1 heterocycles. The van der Waals surface area contributed by atoms with E-state index in [1.165, 1.54) is 0 Å². The molecule has 0 aromatic carbocycles. The number of carbonyl (C=O) groups is 1. The molecule has 0 aliphatic heterocycles. The number of alkyl halides is 2. The number of nitrogens with zero attached hydrogens (tertiary/aromatic N) is 2. The molecule has 18 heavy (non-hydrogen) atoms. The predicted molar refractivity (Wildman–Crippen MR) is 53.7 cm³/mol. The molecule has 0 fully saturated rings. The van der Waals surface area contributed by atoms with Crippen LogP contribution < -0.4 is 4.74 Å². The van der Waals surface area contributed by atoms with Crippen LogP contribution in [0, 0.1) is 10.1 Å². The Kier molecular flexibility index (Phi) is 4.08. The van der Waals surface area contributed by atoms with Gasteiger partial charge in [-0.05, 0) is 0 Å². The lowest BCUT2D eigenvalue weighted by atomic mass is 10.1. The van der Waals surface area contributed by atoms with E-state index in [4.69, 9.17) is 5.11 Å². The third kappa shape index (κ3) is 2.87. The van der Waals surface area contributed by atoms with Crippen molar-refractivity contribution in [2.24, 2.45) is 0 Å². The highest BCUT2D eigenvalue weighted by atomic mass is 19.3. The van der Waals surface area contributed by atoms with Crippen LogP contribution in [0.25, 0.3) is 0 Å². The Labute approximate surface area is 99.2 Å². The fourth-order valence-electron chi connectivity index (χ4n) is 1.33. The number of ether oxygens (including phenoxy) is 1. The van der Waals surface area contributed by atoms with Gasteiger partial charge in [0.05, 0.1) is 24.1 Å². The minimum absolute atomic E-state index is 0.226. The molecule has 9 heteroatoms. The molecule has 1 aromatic heterocycles. The molecule has 0 bridgehead atoms. The van der Waals surface area contributed by atoms with Crippen molar-refractivity contribution < 1.29 is 28.3 Å². The maximum atomic E-state index is 12.7. The molecule has 0 amide bonds. The number of aliphatic carboxylic acids is 1. The van der Waals surface area contributed by atoms with Crippen LogP contribution >= 0.6 is 0 Å². The number of nitro groups is 1. The summed E-state index contributed by atoms with van der Waals surface area (Å²) >= 11 is 0. The highest BCUT2D eigenvalue weighted by Gasteiger charge is 2.29. The van der Waals surface area contributed by atoms with Gasteiger partial charge in [-0.25, -0.2) is 13.8 Å². The number of pyridine rings is 1. The molecular formula is C9H8F2N2O5. The zero-order chi connectivity index (χ0) is 13.9. The molecule has 0 radical (unpaired) electrons. The van der Waals surface area contributed by atoms with Gasteiger partial charge in [0, 0.05) is 6.07 Å². The van der Waals surface area contributed by atoms with Crippen LogP contribution in [0.15, 0.2) is 6.07 Å².